The largest absolute Gasteiger partial charge is 0.338 e. The van der Waals surface area contributed by atoms with Gasteiger partial charge < -0.3 is 10.6 Å². The second-order valence-electron chi connectivity index (χ2n) is 4.88. The number of nitrogens with two attached hydrogens (primary N) is 1. The van der Waals surface area contributed by atoms with Gasteiger partial charge >= 0.3 is 0 Å². The minimum Gasteiger partial charge on any atom is -0.338 e. The van der Waals surface area contributed by atoms with Gasteiger partial charge in [0, 0.05) is 12.6 Å². The van der Waals surface area contributed by atoms with Gasteiger partial charge in [-0.05, 0) is 33.1 Å². The Bertz CT molecular complexity index is 214. The molecule has 2 N–H and O–H groups in total. The fraction of sp³-hybridized carbons (Fsp3) is 0.923. The molecule has 0 rings (SSSR count). The highest BCUT2D eigenvalue weighted by Crippen LogP contribution is 2.15. The van der Waals surface area contributed by atoms with Crippen molar-refractivity contribution in [1.82, 2.24) is 4.90 Å². The van der Waals surface area contributed by atoms with E-state index in [9.17, 15) is 4.79 Å². The molecule has 0 aromatic rings. The first-order valence-corrected chi connectivity index (χ1v) is 6.50. The van der Waals surface area contributed by atoms with Crippen LogP contribution in [0.5, 0.6) is 0 Å². The van der Waals surface area contributed by atoms with Crippen molar-refractivity contribution in [3.63, 3.8) is 0 Å². The first-order valence-electron chi connectivity index (χ1n) is 6.50. The molecule has 0 aromatic heterocycles. The highest BCUT2D eigenvalue weighted by atomic mass is 16.2. The molecule has 0 aliphatic carbocycles. The molecule has 3 nitrogen and oxygen atoms in total. The van der Waals surface area contributed by atoms with E-state index in [0.717, 1.165) is 25.8 Å². The Kier molecular flexibility index (Phi) is 6.65. The maximum atomic E-state index is 12.3. The van der Waals surface area contributed by atoms with Crippen LogP contribution in [0.1, 0.15) is 60.3 Å². The summed E-state index contributed by atoms with van der Waals surface area (Å²) in [4.78, 5) is 14.3. The lowest BCUT2D eigenvalue weighted by molar-refractivity contribution is -0.138. The highest BCUT2D eigenvalue weighted by Gasteiger charge is 2.32. The zero-order valence-electron chi connectivity index (χ0n) is 11.5. The molecule has 0 aliphatic heterocycles. The second-order valence-corrected chi connectivity index (χ2v) is 4.88. The summed E-state index contributed by atoms with van der Waals surface area (Å²) in [5.41, 5.74) is 5.32. The molecule has 0 bridgehead atoms. The average Bonchev–Trinajstić information content (AvgIpc) is 2.28. The molecule has 0 fully saturated rings. The Balaban J connectivity index is 4.68. The van der Waals surface area contributed by atoms with E-state index in [1.54, 1.807) is 0 Å². The molecule has 0 aliphatic rings. The molecule has 2 unspecified atom stereocenters. The number of carbonyl (C=O) groups is 1. The lowest BCUT2D eigenvalue weighted by atomic mass is 9.97. The Morgan fingerprint density at radius 3 is 2.31 bits per heavy atom. The summed E-state index contributed by atoms with van der Waals surface area (Å²) < 4.78 is 0. The fourth-order valence-corrected chi connectivity index (χ4v) is 1.55. The van der Waals surface area contributed by atoms with E-state index in [-0.39, 0.29) is 11.9 Å². The number of carbonyl (C=O) groups excluding carboxylic acids is 1. The molecule has 3 heteroatoms. The summed E-state index contributed by atoms with van der Waals surface area (Å²) >= 11 is 0. The van der Waals surface area contributed by atoms with Crippen molar-refractivity contribution < 1.29 is 4.79 Å². The van der Waals surface area contributed by atoms with E-state index in [0.29, 0.717) is 6.42 Å². The van der Waals surface area contributed by atoms with E-state index in [1.807, 2.05) is 18.7 Å². The monoisotopic (exact) mass is 228 g/mol. The molecule has 96 valence electrons. The third-order valence-corrected chi connectivity index (χ3v) is 3.36. The van der Waals surface area contributed by atoms with Crippen LogP contribution in [-0.2, 0) is 4.79 Å². The van der Waals surface area contributed by atoms with Crippen LogP contribution in [0.15, 0.2) is 0 Å². The van der Waals surface area contributed by atoms with Gasteiger partial charge in [0.25, 0.3) is 0 Å². The summed E-state index contributed by atoms with van der Waals surface area (Å²) in [5.74, 6) is 0.0952. The van der Waals surface area contributed by atoms with Crippen LogP contribution in [0, 0.1) is 0 Å². The molecule has 0 heterocycles. The molecule has 16 heavy (non-hydrogen) atoms. The normalized spacial score (nSPS) is 16.6. The fourth-order valence-electron chi connectivity index (χ4n) is 1.55. The van der Waals surface area contributed by atoms with Crippen LogP contribution < -0.4 is 5.73 Å². The smallest absolute Gasteiger partial charge is 0.242 e. The average molecular weight is 228 g/mol. The summed E-state index contributed by atoms with van der Waals surface area (Å²) in [6, 6.07) is 0.286. The van der Waals surface area contributed by atoms with Gasteiger partial charge in [-0.15, -0.1) is 0 Å². The van der Waals surface area contributed by atoms with Crippen molar-refractivity contribution in [2.24, 2.45) is 5.73 Å². The molecular weight excluding hydrogens is 200 g/mol. The third-order valence-electron chi connectivity index (χ3n) is 3.36. The first kappa shape index (κ1) is 15.4. The Labute approximate surface area is 100 Å². The Morgan fingerprint density at radius 1 is 1.38 bits per heavy atom. The molecule has 0 aromatic carbocycles. The Hall–Kier alpha value is -0.570. The number of nitrogens with zero attached hydrogens (tertiary/aromatic N) is 1. The van der Waals surface area contributed by atoms with Crippen molar-refractivity contribution in [1.29, 1.82) is 0 Å². The van der Waals surface area contributed by atoms with Crippen LogP contribution in [-0.4, -0.2) is 28.9 Å². The SMILES string of the molecule is CCCCN(C(=O)C(C)(N)CC)C(C)CC. The standard InChI is InChI=1S/C13H28N2O/c1-6-9-10-15(11(4)7-2)12(16)13(5,14)8-3/h11H,6-10,14H2,1-5H3. The predicted octanol–water partition coefficient (Wildman–Crippen LogP) is 2.54. The molecule has 0 spiro atoms. The second kappa shape index (κ2) is 6.89. The van der Waals surface area contributed by atoms with Gasteiger partial charge in [-0.3, -0.25) is 4.79 Å². The topological polar surface area (TPSA) is 46.3 Å². The van der Waals surface area contributed by atoms with E-state index in [4.69, 9.17) is 5.73 Å². The number of hydrogen-bond donors (Lipinski definition) is 1. The van der Waals surface area contributed by atoms with Crippen molar-refractivity contribution in [3.8, 4) is 0 Å². The van der Waals surface area contributed by atoms with Crippen LogP contribution in [0.4, 0.5) is 0 Å². The molecular formula is C13H28N2O. The van der Waals surface area contributed by atoms with Crippen LogP contribution in [0.25, 0.3) is 0 Å². The van der Waals surface area contributed by atoms with Gasteiger partial charge in [-0.25, -0.2) is 0 Å². The molecule has 0 saturated heterocycles. The van der Waals surface area contributed by atoms with E-state index in [1.165, 1.54) is 0 Å². The van der Waals surface area contributed by atoms with Crippen molar-refractivity contribution in [2.75, 3.05) is 6.54 Å². The lowest BCUT2D eigenvalue weighted by Gasteiger charge is -2.35. The van der Waals surface area contributed by atoms with Crippen LogP contribution >= 0.6 is 0 Å². The minimum absolute atomic E-state index is 0.0952. The van der Waals surface area contributed by atoms with Crippen molar-refractivity contribution in [2.45, 2.75) is 71.9 Å². The molecule has 0 radical (unpaired) electrons. The molecule has 2 atom stereocenters. The summed E-state index contributed by atoms with van der Waals surface area (Å²) in [6.07, 6.45) is 3.82. The lowest BCUT2D eigenvalue weighted by Crippen LogP contribution is -2.55. The number of unbranched alkanes of at least 4 members (excludes halogenated alkanes) is 1. The van der Waals surface area contributed by atoms with Gasteiger partial charge in [0.05, 0.1) is 5.54 Å². The van der Waals surface area contributed by atoms with Gasteiger partial charge in [0.15, 0.2) is 0 Å². The van der Waals surface area contributed by atoms with E-state index >= 15 is 0 Å². The quantitative estimate of drug-likeness (QED) is 0.728. The van der Waals surface area contributed by atoms with Crippen molar-refractivity contribution in [3.05, 3.63) is 0 Å². The highest BCUT2D eigenvalue weighted by molar-refractivity contribution is 5.85. The maximum Gasteiger partial charge on any atom is 0.242 e. The van der Waals surface area contributed by atoms with Gasteiger partial charge in [0.2, 0.25) is 5.91 Å². The summed E-state index contributed by atoms with van der Waals surface area (Å²) in [5, 5.41) is 0. The van der Waals surface area contributed by atoms with Gasteiger partial charge in [-0.2, -0.15) is 0 Å². The summed E-state index contributed by atoms with van der Waals surface area (Å²) in [7, 11) is 0. The zero-order chi connectivity index (χ0) is 12.8. The minimum atomic E-state index is -0.711. The van der Waals surface area contributed by atoms with Crippen molar-refractivity contribution >= 4 is 5.91 Å². The number of hydrogen-bond acceptors (Lipinski definition) is 2. The predicted molar refractivity (Wildman–Crippen MR) is 69.3 cm³/mol. The Morgan fingerprint density at radius 2 is 1.94 bits per heavy atom. The third kappa shape index (κ3) is 4.12. The molecule has 0 saturated carbocycles. The molecule has 1 amide bonds. The van der Waals surface area contributed by atoms with Gasteiger partial charge in [0.1, 0.15) is 0 Å². The summed E-state index contributed by atoms with van der Waals surface area (Å²) in [6.45, 7) is 11.0. The number of rotatable bonds is 7. The van der Waals surface area contributed by atoms with E-state index in [2.05, 4.69) is 20.8 Å². The maximum absolute atomic E-state index is 12.3. The first-order chi connectivity index (χ1) is 7.40. The number of amides is 1. The zero-order valence-corrected chi connectivity index (χ0v) is 11.5. The van der Waals surface area contributed by atoms with Crippen LogP contribution in [0.3, 0.4) is 0 Å². The van der Waals surface area contributed by atoms with E-state index < -0.39 is 5.54 Å². The van der Waals surface area contributed by atoms with Gasteiger partial charge in [-0.1, -0.05) is 27.2 Å². The van der Waals surface area contributed by atoms with Crippen LogP contribution in [0.2, 0.25) is 0 Å².